The summed E-state index contributed by atoms with van der Waals surface area (Å²) in [5.41, 5.74) is 0. The zero-order valence-corrected chi connectivity index (χ0v) is 12.3. The molecule has 1 heterocycles. The van der Waals surface area contributed by atoms with Crippen LogP contribution in [-0.4, -0.2) is 6.54 Å². The first-order valence-corrected chi connectivity index (χ1v) is 7.46. The molecule has 1 saturated carbocycles. The largest absolute Gasteiger partial charge is 0.448 e. The molecule has 0 amide bonds. The molecule has 1 N–H and O–H groups in total. The van der Waals surface area contributed by atoms with Crippen molar-refractivity contribution in [1.82, 2.24) is 5.32 Å². The van der Waals surface area contributed by atoms with E-state index in [0.29, 0.717) is 17.2 Å². The lowest BCUT2D eigenvalue weighted by Gasteiger charge is -2.36. The molecule has 0 aromatic carbocycles. The lowest BCUT2D eigenvalue weighted by atomic mass is 9.73. The second-order valence-corrected chi connectivity index (χ2v) is 6.23. The predicted molar refractivity (Wildman–Crippen MR) is 75.8 cm³/mol. The third-order valence-corrected chi connectivity index (χ3v) is 4.21. The predicted octanol–water partition coefficient (Wildman–Crippen LogP) is 4.66. The van der Waals surface area contributed by atoms with E-state index in [1.165, 1.54) is 19.3 Å². The van der Waals surface area contributed by atoms with Crippen molar-refractivity contribution in [3.63, 3.8) is 0 Å². The number of halogens is 1. The minimum absolute atomic E-state index is 0.313. The normalized spacial score (nSPS) is 30.3. The van der Waals surface area contributed by atoms with Crippen molar-refractivity contribution < 1.29 is 4.42 Å². The van der Waals surface area contributed by atoms with Crippen molar-refractivity contribution in [3.8, 4) is 0 Å². The van der Waals surface area contributed by atoms with Crippen molar-refractivity contribution in [2.75, 3.05) is 6.54 Å². The third-order valence-electron chi connectivity index (χ3n) is 4.01. The number of hydrogen-bond donors (Lipinski definition) is 1. The highest BCUT2D eigenvalue weighted by atomic mass is 35.5. The van der Waals surface area contributed by atoms with Crippen LogP contribution in [0.1, 0.15) is 51.8 Å². The van der Waals surface area contributed by atoms with Gasteiger partial charge in [0.1, 0.15) is 5.76 Å². The molecule has 0 bridgehead atoms. The monoisotopic (exact) mass is 269 g/mol. The van der Waals surface area contributed by atoms with Crippen LogP contribution in [0.3, 0.4) is 0 Å². The first kappa shape index (κ1) is 14.0. The first-order chi connectivity index (χ1) is 8.60. The fraction of sp³-hybridized carbons (Fsp3) is 0.733. The highest BCUT2D eigenvalue weighted by molar-refractivity contribution is 6.28. The molecule has 1 aromatic heterocycles. The van der Waals surface area contributed by atoms with Crippen molar-refractivity contribution in [2.24, 2.45) is 17.8 Å². The standard InChI is InChI=1S/C15H24ClNO/c1-4-17-15(13-5-6-14(16)18-13)12-8-10(2)7-11(3)9-12/h5-6,10-12,15,17H,4,7-9H2,1-3H3. The Labute approximate surface area is 115 Å². The van der Waals surface area contributed by atoms with E-state index >= 15 is 0 Å². The van der Waals surface area contributed by atoms with Gasteiger partial charge in [0.25, 0.3) is 0 Å². The lowest BCUT2D eigenvalue weighted by Crippen LogP contribution is -2.33. The van der Waals surface area contributed by atoms with E-state index in [4.69, 9.17) is 16.0 Å². The van der Waals surface area contributed by atoms with E-state index in [1.807, 2.05) is 12.1 Å². The topological polar surface area (TPSA) is 25.2 Å². The van der Waals surface area contributed by atoms with Gasteiger partial charge in [0.15, 0.2) is 5.22 Å². The van der Waals surface area contributed by atoms with Gasteiger partial charge in [-0.05, 0) is 67.3 Å². The van der Waals surface area contributed by atoms with Crippen LogP contribution in [0.4, 0.5) is 0 Å². The van der Waals surface area contributed by atoms with Crippen molar-refractivity contribution in [1.29, 1.82) is 0 Å². The van der Waals surface area contributed by atoms with Crippen molar-refractivity contribution in [3.05, 3.63) is 23.1 Å². The molecular weight excluding hydrogens is 246 g/mol. The van der Waals surface area contributed by atoms with E-state index in [2.05, 4.69) is 26.1 Å². The van der Waals surface area contributed by atoms with Crippen LogP contribution in [0.5, 0.6) is 0 Å². The summed E-state index contributed by atoms with van der Waals surface area (Å²) >= 11 is 5.91. The number of rotatable bonds is 4. The maximum absolute atomic E-state index is 5.91. The van der Waals surface area contributed by atoms with Crippen molar-refractivity contribution >= 4 is 11.6 Å². The van der Waals surface area contributed by atoms with Crippen LogP contribution in [0.2, 0.25) is 5.22 Å². The van der Waals surface area contributed by atoms with Crippen LogP contribution in [0, 0.1) is 17.8 Å². The molecule has 2 rings (SSSR count). The van der Waals surface area contributed by atoms with Gasteiger partial charge in [-0.15, -0.1) is 0 Å². The SMILES string of the molecule is CCNC(c1ccc(Cl)o1)C1CC(C)CC(C)C1. The fourth-order valence-corrected chi connectivity index (χ4v) is 3.65. The molecule has 3 unspecified atom stereocenters. The zero-order chi connectivity index (χ0) is 13.1. The molecule has 1 aliphatic carbocycles. The Hall–Kier alpha value is -0.470. The molecule has 102 valence electrons. The minimum atomic E-state index is 0.313. The van der Waals surface area contributed by atoms with Crippen molar-refractivity contribution in [2.45, 2.75) is 46.1 Å². The van der Waals surface area contributed by atoms with Gasteiger partial charge < -0.3 is 9.73 Å². The van der Waals surface area contributed by atoms with Crippen LogP contribution in [0.25, 0.3) is 0 Å². The highest BCUT2D eigenvalue weighted by Gasteiger charge is 2.32. The Morgan fingerprint density at radius 2 is 1.94 bits per heavy atom. The molecular formula is C15H24ClNO. The summed E-state index contributed by atoms with van der Waals surface area (Å²) in [6.07, 6.45) is 3.91. The lowest BCUT2D eigenvalue weighted by molar-refractivity contribution is 0.165. The van der Waals surface area contributed by atoms with Gasteiger partial charge >= 0.3 is 0 Å². The van der Waals surface area contributed by atoms with Gasteiger partial charge in [0.2, 0.25) is 0 Å². The summed E-state index contributed by atoms with van der Waals surface area (Å²) < 4.78 is 5.62. The van der Waals surface area contributed by atoms with Gasteiger partial charge in [-0.3, -0.25) is 0 Å². The third kappa shape index (κ3) is 3.30. The molecule has 0 aliphatic heterocycles. The highest BCUT2D eigenvalue weighted by Crippen LogP contribution is 2.40. The maximum Gasteiger partial charge on any atom is 0.193 e. The van der Waals surface area contributed by atoms with Crippen LogP contribution in [0.15, 0.2) is 16.5 Å². The van der Waals surface area contributed by atoms with Gasteiger partial charge in [0.05, 0.1) is 6.04 Å². The molecule has 1 fully saturated rings. The number of furan rings is 1. The molecule has 1 aromatic rings. The Balaban J connectivity index is 2.14. The molecule has 0 radical (unpaired) electrons. The molecule has 0 saturated heterocycles. The average molecular weight is 270 g/mol. The van der Waals surface area contributed by atoms with Gasteiger partial charge in [0, 0.05) is 0 Å². The zero-order valence-electron chi connectivity index (χ0n) is 11.6. The number of nitrogens with one attached hydrogen (secondary N) is 1. The molecule has 3 atom stereocenters. The first-order valence-electron chi connectivity index (χ1n) is 7.08. The summed E-state index contributed by atoms with van der Waals surface area (Å²) in [6, 6.07) is 4.17. The van der Waals surface area contributed by atoms with Gasteiger partial charge in [-0.2, -0.15) is 0 Å². The second-order valence-electron chi connectivity index (χ2n) is 5.85. The summed E-state index contributed by atoms with van der Waals surface area (Å²) in [5, 5.41) is 4.06. The van der Waals surface area contributed by atoms with Gasteiger partial charge in [-0.25, -0.2) is 0 Å². The quantitative estimate of drug-likeness (QED) is 0.860. The smallest absolute Gasteiger partial charge is 0.193 e. The van der Waals surface area contributed by atoms with Crippen LogP contribution >= 0.6 is 11.6 Å². The summed E-state index contributed by atoms with van der Waals surface area (Å²) in [4.78, 5) is 0. The average Bonchev–Trinajstić information content (AvgIpc) is 2.71. The Kier molecular flexibility index (Phi) is 4.74. The molecule has 3 heteroatoms. The maximum atomic E-state index is 5.91. The van der Waals surface area contributed by atoms with E-state index in [0.717, 1.165) is 24.1 Å². The molecule has 18 heavy (non-hydrogen) atoms. The molecule has 1 aliphatic rings. The summed E-state index contributed by atoms with van der Waals surface area (Å²) in [7, 11) is 0. The van der Waals surface area contributed by atoms with Gasteiger partial charge in [-0.1, -0.05) is 20.8 Å². The van der Waals surface area contributed by atoms with E-state index in [-0.39, 0.29) is 0 Å². The molecule has 0 spiro atoms. The summed E-state index contributed by atoms with van der Waals surface area (Å²) in [5.74, 6) is 3.27. The second kappa shape index (κ2) is 6.12. The summed E-state index contributed by atoms with van der Waals surface area (Å²) in [6.45, 7) is 7.83. The fourth-order valence-electron chi connectivity index (χ4n) is 3.50. The van der Waals surface area contributed by atoms with E-state index in [9.17, 15) is 0 Å². The minimum Gasteiger partial charge on any atom is -0.448 e. The van der Waals surface area contributed by atoms with Crippen LogP contribution < -0.4 is 5.32 Å². The Morgan fingerprint density at radius 3 is 2.44 bits per heavy atom. The Morgan fingerprint density at radius 1 is 1.28 bits per heavy atom. The Bertz CT molecular complexity index is 366. The van der Waals surface area contributed by atoms with E-state index < -0.39 is 0 Å². The van der Waals surface area contributed by atoms with Crippen LogP contribution in [-0.2, 0) is 0 Å². The molecule has 2 nitrogen and oxygen atoms in total. The van der Waals surface area contributed by atoms with E-state index in [1.54, 1.807) is 0 Å². The number of hydrogen-bond acceptors (Lipinski definition) is 2.